The summed E-state index contributed by atoms with van der Waals surface area (Å²) in [4.78, 5) is 18.6. The molecule has 2 aromatic carbocycles. The number of nitrogens with zero attached hydrogens (tertiary/aromatic N) is 2. The Morgan fingerprint density at radius 2 is 1.80 bits per heavy atom. The molecular formula is C20H19FN2OS. The van der Waals surface area contributed by atoms with Crippen LogP contribution in [0.3, 0.4) is 0 Å². The van der Waals surface area contributed by atoms with Crippen LogP contribution in [0.5, 0.6) is 0 Å². The minimum atomic E-state index is -0.265. The van der Waals surface area contributed by atoms with Crippen LogP contribution in [0.15, 0.2) is 53.5 Å². The maximum absolute atomic E-state index is 13.2. The molecule has 3 nitrogen and oxygen atoms in total. The Hall–Kier alpha value is -2.53. The highest BCUT2D eigenvalue weighted by molar-refractivity contribution is 7.09. The second-order valence-corrected chi connectivity index (χ2v) is 6.95. The molecule has 0 saturated carbocycles. The maximum atomic E-state index is 13.2. The molecule has 0 aliphatic carbocycles. The van der Waals surface area contributed by atoms with Crippen molar-refractivity contribution in [1.29, 1.82) is 0 Å². The van der Waals surface area contributed by atoms with Gasteiger partial charge < -0.3 is 4.57 Å². The van der Waals surface area contributed by atoms with Gasteiger partial charge in [0.05, 0.1) is 5.69 Å². The molecule has 0 radical (unpaired) electrons. The van der Waals surface area contributed by atoms with Gasteiger partial charge in [0.1, 0.15) is 5.82 Å². The number of carbonyl (C=O) groups excluding carboxylic acids is 1. The van der Waals surface area contributed by atoms with E-state index in [1.165, 1.54) is 23.5 Å². The fraction of sp³-hybridized carbons (Fsp3) is 0.200. The molecule has 0 fully saturated rings. The summed E-state index contributed by atoms with van der Waals surface area (Å²) >= 11 is 1.48. The fourth-order valence-electron chi connectivity index (χ4n) is 2.83. The summed E-state index contributed by atoms with van der Waals surface area (Å²) < 4.78 is 15.2. The van der Waals surface area contributed by atoms with E-state index in [2.05, 4.69) is 4.99 Å². The summed E-state index contributed by atoms with van der Waals surface area (Å²) in [6.45, 7) is 6.58. The van der Waals surface area contributed by atoms with Gasteiger partial charge in [-0.1, -0.05) is 18.2 Å². The van der Waals surface area contributed by atoms with Gasteiger partial charge in [-0.25, -0.2) is 4.39 Å². The van der Waals surface area contributed by atoms with Crippen LogP contribution >= 0.6 is 11.3 Å². The Labute approximate surface area is 150 Å². The molecule has 0 saturated heterocycles. The molecule has 0 unspecified atom stereocenters. The monoisotopic (exact) mass is 354 g/mol. The molecular weight excluding hydrogens is 335 g/mol. The van der Waals surface area contributed by atoms with Gasteiger partial charge in [-0.05, 0) is 62.2 Å². The van der Waals surface area contributed by atoms with E-state index >= 15 is 0 Å². The molecule has 1 amide bonds. The lowest BCUT2D eigenvalue weighted by Gasteiger charge is -2.07. The Kier molecular flexibility index (Phi) is 4.95. The van der Waals surface area contributed by atoms with Crippen molar-refractivity contribution in [2.45, 2.75) is 27.3 Å². The van der Waals surface area contributed by atoms with Crippen LogP contribution < -0.4 is 4.80 Å². The number of aryl methyl sites for hydroxylation is 2. The number of aromatic nitrogens is 1. The third-order valence-electron chi connectivity index (χ3n) is 4.09. The van der Waals surface area contributed by atoms with E-state index in [0.717, 1.165) is 21.7 Å². The predicted octanol–water partition coefficient (Wildman–Crippen LogP) is 4.73. The number of halogens is 1. The average Bonchev–Trinajstić information content (AvgIpc) is 2.91. The molecule has 1 heterocycles. The lowest BCUT2D eigenvalue weighted by molar-refractivity contribution is 0.0997. The maximum Gasteiger partial charge on any atom is 0.279 e. The first-order chi connectivity index (χ1) is 12.0. The van der Waals surface area contributed by atoms with Gasteiger partial charge in [-0.3, -0.25) is 4.79 Å². The first-order valence-electron chi connectivity index (χ1n) is 8.12. The van der Waals surface area contributed by atoms with Crippen molar-refractivity contribution in [3.05, 3.63) is 75.2 Å². The number of hydrogen-bond donors (Lipinski definition) is 0. The number of benzene rings is 2. The molecule has 128 valence electrons. The third-order valence-corrected chi connectivity index (χ3v) is 5.08. The quantitative estimate of drug-likeness (QED) is 0.669. The van der Waals surface area contributed by atoms with Crippen LogP contribution in [0, 0.1) is 19.7 Å². The Balaban J connectivity index is 2.12. The van der Waals surface area contributed by atoms with Crippen molar-refractivity contribution < 1.29 is 9.18 Å². The van der Waals surface area contributed by atoms with Crippen LogP contribution in [0.4, 0.5) is 4.39 Å². The highest BCUT2D eigenvalue weighted by Gasteiger charge is 2.14. The van der Waals surface area contributed by atoms with Gasteiger partial charge in [-0.2, -0.15) is 4.99 Å². The summed E-state index contributed by atoms with van der Waals surface area (Å²) in [6, 6.07) is 13.8. The van der Waals surface area contributed by atoms with Crippen molar-refractivity contribution in [1.82, 2.24) is 4.57 Å². The fourth-order valence-corrected chi connectivity index (χ4v) is 3.89. The van der Waals surface area contributed by atoms with Gasteiger partial charge in [0.2, 0.25) is 0 Å². The van der Waals surface area contributed by atoms with E-state index in [9.17, 15) is 9.18 Å². The first kappa shape index (κ1) is 17.3. The molecule has 3 aromatic rings. The van der Waals surface area contributed by atoms with Gasteiger partial charge in [0, 0.05) is 17.0 Å². The van der Waals surface area contributed by atoms with E-state index < -0.39 is 0 Å². The zero-order valence-electron chi connectivity index (χ0n) is 14.4. The zero-order chi connectivity index (χ0) is 18.0. The summed E-state index contributed by atoms with van der Waals surface area (Å²) in [5, 5.41) is 0. The lowest BCUT2D eigenvalue weighted by atomic mass is 10.1. The van der Waals surface area contributed by atoms with Crippen LogP contribution in [-0.2, 0) is 6.54 Å². The molecule has 0 spiro atoms. The molecule has 1 aromatic heterocycles. The number of carbonyl (C=O) groups is 1. The highest BCUT2D eigenvalue weighted by Crippen LogP contribution is 2.25. The largest absolute Gasteiger partial charge is 0.316 e. The average molecular weight is 354 g/mol. The minimum absolute atomic E-state index is 0.243. The van der Waals surface area contributed by atoms with Crippen LogP contribution in [0.2, 0.25) is 0 Å². The van der Waals surface area contributed by atoms with Crippen molar-refractivity contribution in [2.75, 3.05) is 0 Å². The number of amides is 1. The molecule has 5 heteroatoms. The zero-order valence-corrected chi connectivity index (χ0v) is 15.2. The normalized spacial score (nSPS) is 11.8. The number of rotatable bonds is 3. The van der Waals surface area contributed by atoms with E-state index in [0.29, 0.717) is 16.9 Å². The number of thiazole rings is 1. The smallest absolute Gasteiger partial charge is 0.279 e. The molecule has 0 bridgehead atoms. The SMILES string of the molecule is CCn1c(-c2ccc(F)cc2)c(C)sc1=NC(=O)c1ccccc1C. The van der Waals surface area contributed by atoms with Gasteiger partial charge in [0.15, 0.2) is 4.80 Å². The lowest BCUT2D eigenvalue weighted by Crippen LogP contribution is -2.17. The van der Waals surface area contributed by atoms with Crippen molar-refractivity contribution in [2.24, 2.45) is 4.99 Å². The van der Waals surface area contributed by atoms with E-state index in [4.69, 9.17) is 0 Å². The van der Waals surface area contributed by atoms with Gasteiger partial charge >= 0.3 is 0 Å². The van der Waals surface area contributed by atoms with E-state index in [1.807, 2.05) is 43.5 Å². The topological polar surface area (TPSA) is 34.4 Å². The Bertz CT molecular complexity index is 984. The molecule has 3 rings (SSSR count). The Morgan fingerprint density at radius 1 is 1.12 bits per heavy atom. The standard InChI is InChI=1S/C20H19FN2OS/c1-4-23-18(15-9-11-16(21)12-10-15)14(3)25-20(23)22-19(24)17-8-6-5-7-13(17)2/h5-12H,4H2,1-3H3. The van der Waals surface area contributed by atoms with Crippen molar-refractivity contribution in [3.63, 3.8) is 0 Å². The molecule has 0 aliphatic rings. The summed E-state index contributed by atoms with van der Waals surface area (Å²) in [5.74, 6) is -0.508. The minimum Gasteiger partial charge on any atom is -0.316 e. The van der Waals surface area contributed by atoms with Crippen molar-refractivity contribution >= 4 is 17.2 Å². The molecule has 0 aliphatic heterocycles. The second kappa shape index (κ2) is 7.15. The molecule has 0 N–H and O–H groups in total. The van der Waals surface area contributed by atoms with Gasteiger partial charge in [0.25, 0.3) is 5.91 Å². The van der Waals surface area contributed by atoms with Crippen LogP contribution in [-0.4, -0.2) is 10.5 Å². The van der Waals surface area contributed by atoms with Gasteiger partial charge in [-0.15, -0.1) is 11.3 Å². The Morgan fingerprint density at radius 3 is 2.44 bits per heavy atom. The predicted molar refractivity (Wildman–Crippen MR) is 99.2 cm³/mol. The van der Waals surface area contributed by atoms with E-state index in [-0.39, 0.29) is 11.7 Å². The van der Waals surface area contributed by atoms with Crippen LogP contribution in [0.1, 0.15) is 27.7 Å². The highest BCUT2D eigenvalue weighted by atomic mass is 32.1. The first-order valence-corrected chi connectivity index (χ1v) is 8.93. The third kappa shape index (κ3) is 3.46. The summed E-state index contributed by atoms with van der Waals surface area (Å²) in [5.41, 5.74) is 3.41. The van der Waals surface area contributed by atoms with E-state index in [1.54, 1.807) is 18.2 Å². The molecule has 0 atom stereocenters. The second-order valence-electron chi connectivity index (χ2n) is 5.77. The summed E-state index contributed by atoms with van der Waals surface area (Å²) in [7, 11) is 0. The number of hydrogen-bond acceptors (Lipinski definition) is 2. The van der Waals surface area contributed by atoms with Crippen molar-refractivity contribution in [3.8, 4) is 11.3 Å². The molecule has 25 heavy (non-hydrogen) atoms. The summed E-state index contributed by atoms with van der Waals surface area (Å²) in [6.07, 6.45) is 0. The van der Waals surface area contributed by atoms with Crippen LogP contribution in [0.25, 0.3) is 11.3 Å².